The van der Waals surface area contributed by atoms with Gasteiger partial charge in [0.2, 0.25) is 0 Å². The molecule has 0 aromatic carbocycles. The van der Waals surface area contributed by atoms with Crippen molar-refractivity contribution in [1.82, 2.24) is 5.32 Å². The Labute approximate surface area is 106 Å². The molecule has 0 aromatic rings. The lowest BCUT2D eigenvalue weighted by Gasteiger charge is -2.32. The fourth-order valence-corrected chi connectivity index (χ4v) is 3.55. The van der Waals surface area contributed by atoms with E-state index in [4.69, 9.17) is 0 Å². The second-order valence-electron chi connectivity index (χ2n) is 6.12. The number of hydrogen-bond acceptors (Lipinski definition) is 2. The smallest absolute Gasteiger partial charge is 0.0672 e. The average Bonchev–Trinajstić information content (AvgIpc) is 2.54. The molecule has 4 atom stereocenters. The van der Waals surface area contributed by atoms with E-state index in [1.807, 2.05) is 0 Å². The largest absolute Gasteiger partial charge is 0.310 e. The molecule has 0 amide bonds. The fourth-order valence-electron chi connectivity index (χ4n) is 3.55. The van der Waals surface area contributed by atoms with Gasteiger partial charge in [0.05, 0.1) is 12.0 Å². The summed E-state index contributed by atoms with van der Waals surface area (Å²) in [5, 5.41) is 13.1. The average molecular weight is 234 g/mol. The fraction of sp³-hybridized carbons (Fsp3) is 0.933. The summed E-state index contributed by atoms with van der Waals surface area (Å²) in [7, 11) is 0. The molecule has 0 bridgehead atoms. The Morgan fingerprint density at radius 2 is 1.82 bits per heavy atom. The Hall–Kier alpha value is -0.550. The number of nitriles is 1. The van der Waals surface area contributed by atoms with Crippen molar-refractivity contribution in [2.45, 2.75) is 76.8 Å². The first-order chi connectivity index (χ1) is 8.29. The van der Waals surface area contributed by atoms with Crippen LogP contribution in [0.1, 0.15) is 64.7 Å². The minimum absolute atomic E-state index is 0.259. The van der Waals surface area contributed by atoms with Gasteiger partial charge in [-0.3, -0.25) is 0 Å². The van der Waals surface area contributed by atoms with Gasteiger partial charge < -0.3 is 5.32 Å². The SMILES string of the molecule is CC1CCCC(NC2CCCCCC2C#N)C1. The van der Waals surface area contributed by atoms with Crippen LogP contribution in [0.3, 0.4) is 0 Å². The van der Waals surface area contributed by atoms with Gasteiger partial charge in [0.15, 0.2) is 0 Å². The molecule has 2 fully saturated rings. The number of nitrogens with zero attached hydrogens (tertiary/aromatic N) is 1. The summed E-state index contributed by atoms with van der Waals surface area (Å²) in [5.74, 6) is 1.13. The molecule has 2 nitrogen and oxygen atoms in total. The molecule has 4 unspecified atom stereocenters. The van der Waals surface area contributed by atoms with E-state index in [1.165, 1.54) is 51.4 Å². The van der Waals surface area contributed by atoms with Crippen LogP contribution < -0.4 is 5.32 Å². The highest BCUT2D eigenvalue weighted by Crippen LogP contribution is 2.27. The van der Waals surface area contributed by atoms with Crippen LogP contribution in [0.4, 0.5) is 0 Å². The number of nitrogens with one attached hydrogen (secondary N) is 1. The maximum absolute atomic E-state index is 9.28. The Balaban J connectivity index is 1.88. The van der Waals surface area contributed by atoms with Crippen molar-refractivity contribution in [1.29, 1.82) is 5.26 Å². The lowest BCUT2D eigenvalue weighted by Crippen LogP contribution is -2.44. The molecule has 0 aliphatic heterocycles. The second kappa shape index (κ2) is 6.40. The molecule has 1 N–H and O–H groups in total. The Kier molecular flexibility index (Phi) is 4.86. The van der Waals surface area contributed by atoms with Crippen LogP contribution >= 0.6 is 0 Å². The Bertz CT molecular complexity index is 269. The first-order valence-electron chi connectivity index (χ1n) is 7.45. The first kappa shape index (κ1) is 12.9. The van der Waals surface area contributed by atoms with Crippen LogP contribution in [0.25, 0.3) is 0 Å². The molecule has 17 heavy (non-hydrogen) atoms. The van der Waals surface area contributed by atoms with Crippen molar-refractivity contribution in [3.8, 4) is 6.07 Å². The van der Waals surface area contributed by atoms with Crippen molar-refractivity contribution in [3.63, 3.8) is 0 Å². The van der Waals surface area contributed by atoms with Crippen LogP contribution in [-0.2, 0) is 0 Å². The van der Waals surface area contributed by atoms with Gasteiger partial charge in [0.25, 0.3) is 0 Å². The minimum atomic E-state index is 0.259. The van der Waals surface area contributed by atoms with Crippen LogP contribution in [0.15, 0.2) is 0 Å². The summed E-state index contributed by atoms with van der Waals surface area (Å²) in [6.07, 6.45) is 11.6. The van der Waals surface area contributed by atoms with Gasteiger partial charge in [0.1, 0.15) is 0 Å². The molecule has 0 radical (unpaired) electrons. The van der Waals surface area contributed by atoms with Gasteiger partial charge in [0, 0.05) is 12.1 Å². The Morgan fingerprint density at radius 3 is 2.59 bits per heavy atom. The van der Waals surface area contributed by atoms with Crippen LogP contribution in [-0.4, -0.2) is 12.1 Å². The van der Waals surface area contributed by atoms with Crippen LogP contribution in [0, 0.1) is 23.2 Å². The highest BCUT2D eigenvalue weighted by molar-refractivity contribution is 4.95. The van der Waals surface area contributed by atoms with Gasteiger partial charge in [-0.15, -0.1) is 0 Å². The van der Waals surface area contributed by atoms with E-state index in [1.54, 1.807) is 0 Å². The van der Waals surface area contributed by atoms with E-state index >= 15 is 0 Å². The Morgan fingerprint density at radius 1 is 1.00 bits per heavy atom. The van der Waals surface area contributed by atoms with E-state index in [0.717, 1.165) is 12.3 Å². The van der Waals surface area contributed by atoms with E-state index < -0.39 is 0 Å². The molecule has 0 aromatic heterocycles. The third-order valence-corrected chi connectivity index (χ3v) is 4.57. The zero-order valence-electron chi connectivity index (χ0n) is 11.1. The summed E-state index contributed by atoms with van der Waals surface area (Å²) in [6, 6.07) is 3.68. The zero-order chi connectivity index (χ0) is 12.1. The lowest BCUT2D eigenvalue weighted by molar-refractivity contribution is 0.256. The first-order valence-corrected chi connectivity index (χ1v) is 7.45. The van der Waals surface area contributed by atoms with Gasteiger partial charge in [-0.25, -0.2) is 0 Å². The zero-order valence-corrected chi connectivity index (χ0v) is 11.1. The molecule has 96 valence electrons. The van der Waals surface area contributed by atoms with Crippen molar-refractivity contribution >= 4 is 0 Å². The van der Waals surface area contributed by atoms with Gasteiger partial charge in [-0.05, 0) is 31.6 Å². The van der Waals surface area contributed by atoms with Crippen LogP contribution in [0.5, 0.6) is 0 Å². The molecular formula is C15H26N2. The summed E-state index contributed by atoms with van der Waals surface area (Å²) in [6.45, 7) is 2.36. The van der Waals surface area contributed by atoms with E-state index in [2.05, 4.69) is 18.3 Å². The number of hydrogen-bond donors (Lipinski definition) is 1. The predicted octanol–water partition coefficient (Wildman–Crippen LogP) is 3.63. The third kappa shape index (κ3) is 3.71. The predicted molar refractivity (Wildman–Crippen MR) is 70.5 cm³/mol. The molecule has 2 saturated carbocycles. The monoisotopic (exact) mass is 234 g/mol. The molecule has 0 saturated heterocycles. The summed E-state index contributed by atoms with van der Waals surface area (Å²) in [5.41, 5.74) is 0. The highest BCUT2D eigenvalue weighted by atomic mass is 15.0. The summed E-state index contributed by atoms with van der Waals surface area (Å²) >= 11 is 0. The minimum Gasteiger partial charge on any atom is -0.310 e. The van der Waals surface area contributed by atoms with E-state index in [-0.39, 0.29) is 5.92 Å². The molecule has 2 aliphatic carbocycles. The standard InChI is InChI=1S/C15H26N2/c1-12-6-5-8-14(10-12)17-15-9-4-2-3-7-13(15)11-16/h12-15,17H,2-10H2,1H3. The maximum atomic E-state index is 9.28. The normalized spacial score (nSPS) is 39.3. The summed E-state index contributed by atoms with van der Waals surface area (Å²) in [4.78, 5) is 0. The maximum Gasteiger partial charge on any atom is 0.0672 e. The highest BCUT2D eigenvalue weighted by Gasteiger charge is 2.27. The molecule has 2 aliphatic rings. The van der Waals surface area contributed by atoms with Gasteiger partial charge >= 0.3 is 0 Å². The van der Waals surface area contributed by atoms with Crippen molar-refractivity contribution in [3.05, 3.63) is 0 Å². The van der Waals surface area contributed by atoms with Crippen molar-refractivity contribution in [2.75, 3.05) is 0 Å². The van der Waals surface area contributed by atoms with E-state index in [0.29, 0.717) is 12.1 Å². The van der Waals surface area contributed by atoms with E-state index in [9.17, 15) is 5.26 Å². The lowest BCUT2D eigenvalue weighted by atomic mass is 9.85. The van der Waals surface area contributed by atoms with Gasteiger partial charge in [-0.1, -0.05) is 39.0 Å². The van der Waals surface area contributed by atoms with Crippen LogP contribution in [0.2, 0.25) is 0 Å². The second-order valence-corrected chi connectivity index (χ2v) is 6.12. The van der Waals surface area contributed by atoms with Gasteiger partial charge in [-0.2, -0.15) is 5.26 Å². The molecule has 0 spiro atoms. The number of rotatable bonds is 2. The molecule has 2 rings (SSSR count). The quantitative estimate of drug-likeness (QED) is 0.741. The summed E-state index contributed by atoms with van der Waals surface area (Å²) < 4.78 is 0. The molecule has 0 heterocycles. The molecule has 2 heteroatoms. The van der Waals surface area contributed by atoms with Crippen molar-refractivity contribution < 1.29 is 0 Å². The topological polar surface area (TPSA) is 35.8 Å². The third-order valence-electron chi connectivity index (χ3n) is 4.57. The van der Waals surface area contributed by atoms with Crippen molar-refractivity contribution in [2.24, 2.45) is 11.8 Å². The molecular weight excluding hydrogens is 208 g/mol.